The van der Waals surface area contributed by atoms with Crippen molar-refractivity contribution in [1.29, 1.82) is 0 Å². The molecule has 3 aromatic heterocycles. The molecule has 140 valence electrons. The maximum atomic E-state index is 4.90. The van der Waals surface area contributed by atoms with Crippen molar-refractivity contribution in [3.05, 3.63) is 47.8 Å². The number of aryl methyl sites for hydroxylation is 1. The van der Waals surface area contributed by atoms with Crippen LogP contribution in [0.15, 0.2) is 30.7 Å². The van der Waals surface area contributed by atoms with E-state index in [1.165, 1.54) is 5.56 Å². The van der Waals surface area contributed by atoms with E-state index in [9.17, 15) is 0 Å². The Morgan fingerprint density at radius 2 is 2.07 bits per heavy atom. The minimum Gasteiger partial charge on any atom is -0.352 e. The van der Waals surface area contributed by atoms with E-state index in [-0.39, 0.29) is 0 Å². The summed E-state index contributed by atoms with van der Waals surface area (Å²) >= 11 is 0. The lowest BCUT2D eigenvalue weighted by atomic mass is 10.1. The molecule has 3 aromatic rings. The van der Waals surface area contributed by atoms with Crippen LogP contribution in [0.5, 0.6) is 0 Å². The van der Waals surface area contributed by atoms with Gasteiger partial charge < -0.3 is 14.8 Å². The van der Waals surface area contributed by atoms with E-state index >= 15 is 0 Å². The third-order valence-electron chi connectivity index (χ3n) is 4.83. The Bertz CT molecular complexity index is 905. The van der Waals surface area contributed by atoms with Crippen molar-refractivity contribution in [2.45, 2.75) is 32.9 Å². The molecule has 0 fully saturated rings. The first-order chi connectivity index (χ1) is 13.3. The smallest absolute Gasteiger partial charge is 0.180 e. The summed E-state index contributed by atoms with van der Waals surface area (Å²) in [5, 5.41) is 11.8. The van der Waals surface area contributed by atoms with E-state index in [1.807, 2.05) is 18.2 Å². The van der Waals surface area contributed by atoms with Gasteiger partial charge in [-0.2, -0.15) is 0 Å². The molecule has 0 unspecified atom stereocenters. The van der Waals surface area contributed by atoms with Crippen molar-refractivity contribution in [3.63, 3.8) is 0 Å². The minimum atomic E-state index is 0.645. The fraction of sp³-hybridized carbons (Fsp3) is 0.421. The molecule has 4 heterocycles. The van der Waals surface area contributed by atoms with Gasteiger partial charge in [0.25, 0.3) is 0 Å². The Morgan fingerprint density at radius 3 is 2.89 bits per heavy atom. The van der Waals surface area contributed by atoms with E-state index in [0.717, 1.165) is 55.5 Å². The van der Waals surface area contributed by atoms with Gasteiger partial charge in [0.15, 0.2) is 11.6 Å². The van der Waals surface area contributed by atoms with Crippen molar-refractivity contribution < 1.29 is 0 Å². The Labute approximate surface area is 158 Å². The fourth-order valence-corrected chi connectivity index (χ4v) is 3.40. The van der Waals surface area contributed by atoms with Gasteiger partial charge in [0.1, 0.15) is 17.8 Å². The molecule has 27 heavy (non-hydrogen) atoms. The van der Waals surface area contributed by atoms with Gasteiger partial charge >= 0.3 is 0 Å². The molecule has 0 aliphatic carbocycles. The molecule has 0 aromatic carbocycles. The second kappa shape index (κ2) is 7.79. The summed E-state index contributed by atoms with van der Waals surface area (Å²) < 4.78 is 2.05. The number of fused-ring (bicyclic) bond motifs is 1. The predicted molar refractivity (Wildman–Crippen MR) is 103 cm³/mol. The monoisotopic (exact) mass is 364 g/mol. The first-order valence-electron chi connectivity index (χ1n) is 9.36. The zero-order valence-electron chi connectivity index (χ0n) is 15.8. The van der Waals surface area contributed by atoms with Crippen molar-refractivity contribution in [2.24, 2.45) is 0 Å². The van der Waals surface area contributed by atoms with Crippen LogP contribution >= 0.6 is 0 Å². The maximum absolute atomic E-state index is 4.90. The summed E-state index contributed by atoms with van der Waals surface area (Å²) in [5.41, 5.74) is 3.11. The highest BCUT2D eigenvalue weighted by atomic mass is 15.3. The van der Waals surface area contributed by atoms with Gasteiger partial charge in [0.05, 0.1) is 12.2 Å². The zero-order valence-corrected chi connectivity index (χ0v) is 15.8. The molecule has 8 nitrogen and oxygen atoms in total. The number of nitrogens with zero attached hydrogens (tertiary/aromatic N) is 7. The highest BCUT2D eigenvalue weighted by Gasteiger charge is 2.21. The molecule has 0 radical (unpaired) electrons. The number of hydrogen-bond acceptors (Lipinski definition) is 7. The van der Waals surface area contributed by atoms with Crippen LogP contribution in [0.3, 0.4) is 0 Å². The van der Waals surface area contributed by atoms with Crippen LogP contribution in [0.2, 0.25) is 0 Å². The third-order valence-corrected chi connectivity index (χ3v) is 4.83. The fourth-order valence-electron chi connectivity index (χ4n) is 3.40. The highest BCUT2D eigenvalue weighted by Crippen LogP contribution is 2.26. The number of aromatic nitrogens is 6. The van der Waals surface area contributed by atoms with Crippen LogP contribution in [0.1, 0.15) is 24.0 Å². The average molecular weight is 364 g/mol. The predicted octanol–water partition coefficient (Wildman–Crippen LogP) is 1.47. The van der Waals surface area contributed by atoms with E-state index < -0.39 is 0 Å². The second-order valence-electron chi connectivity index (χ2n) is 6.65. The normalized spacial score (nSPS) is 13.9. The lowest BCUT2D eigenvalue weighted by molar-refractivity contribution is 0.680. The molecule has 0 spiro atoms. The van der Waals surface area contributed by atoms with Gasteiger partial charge in [0.2, 0.25) is 0 Å². The molecule has 0 bridgehead atoms. The molecule has 0 atom stereocenters. The Kier molecular flexibility index (Phi) is 5.06. The van der Waals surface area contributed by atoms with E-state index in [0.29, 0.717) is 12.4 Å². The first kappa shape index (κ1) is 17.5. The number of anilines is 1. The van der Waals surface area contributed by atoms with E-state index in [2.05, 4.69) is 43.9 Å². The highest BCUT2D eigenvalue weighted by molar-refractivity contribution is 5.58. The number of rotatable bonds is 5. The molecule has 0 amide bonds. The zero-order chi connectivity index (χ0) is 18.6. The van der Waals surface area contributed by atoms with Gasteiger partial charge in [0, 0.05) is 38.3 Å². The van der Waals surface area contributed by atoms with Crippen LogP contribution in [0.4, 0.5) is 5.82 Å². The number of pyridine rings is 1. The lowest BCUT2D eigenvalue weighted by Gasteiger charge is -2.22. The number of hydrogen-bond donors (Lipinski definition) is 1. The van der Waals surface area contributed by atoms with Crippen LogP contribution in [0, 0.1) is 0 Å². The van der Waals surface area contributed by atoms with Gasteiger partial charge in [-0.15, -0.1) is 10.2 Å². The van der Waals surface area contributed by atoms with Gasteiger partial charge in [-0.1, -0.05) is 6.07 Å². The average Bonchev–Trinajstić information content (AvgIpc) is 3.01. The second-order valence-corrected chi connectivity index (χ2v) is 6.65. The van der Waals surface area contributed by atoms with E-state index in [4.69, 9.17) is 9.97 Å². The summed E-state index contributed by atoms with van der Waals surface area (Å²) in [6, 6.07) is 5.82. The van der Waals surface area contributed by atoms with Crippen molar-refractivity contribution in [2.75, 3.05) is 25.0 Å². The minimum absolute atomic E-state index is 0.645. The molecular formula is C19H24N8. The Balaban J connectivity index is 1.75. The number of nitrogens with one attached hydrogen (secondary N) is 1. The summed E-state index contributed by atoms with van der Waals surface area (Å²) in [5.74, 6) is 2.56. The van der Waals surface area contributed by atoms with Gasteiger partial charge in [-0.05, 0) is 32.0 Å². The summed E-state index contributed by atoms with van der Waals surface area (Å²) in [4.78, 5) is 16.3. The van der Waals surface area contributed by atoms with Crippen LogP contribution in [0.25, 0.3) is 11.5 Å². The lowest BCUT2D eigenvalue weighted by Crippen LogP contribution is -2.23. The van der Waals surface area contributed by atoms with Crippen LogP contribution in [-0.2, 0) is 25.9 Å². The van der Waals surface area contributed by atoms with Gasteiger partial charge in [-0.25, -0.2) is 9.97 Å². The summed E-state index contributed by atoms with van der Waals surface area (Å²) in [7, 11) is 2.05. The molecule has 1 aliphatic rings. The molecule has 0 saturated carbocycles. The first-order valence-corrected chi connectivity index (χ1v) is 9.36. The summed E-state index contributed by atoms with van der Waals surface area (Å²) in [6.45, 7) is 5.45. The van der Waals surface area contributed by atoms with Crippen molar-refractivity contribution in [1.82, 2.24) is 35.0 Å². The molecule has 4 rings (SSSR count). The SMILES string of the molecule is CCn1cnnc1CN(C)c1nc(-c2ccccn2)nc2c1CCNCC2. The maximum Gasteiger partial charge on any atom is 0.180 e. The Morgan fingerprint density at radius 1 is 1.19 bits per heavy atom. The van der Waals surface area contributed by atoms with Gasteiger partial charge in [-0.3, -0.25) is 4.98 Å². The standard InChI is InChI=1S/C19H24N8/c1-3-27-13-22-25-17(27)12-26(2)19-14-7-10-20-11-8-15(14)23-18(24-19)16-6-4-5-9-21-16/h4-6,9,13,20H,3,7-8,10-12H2,1-2H3. The quantitative estimate of drug-likeness (QED) is 0.734. The molecule has 1 aliphatic heterocycles. The van der Waals surface area contributed by atoms with Crippen molar-refractivity contribution in [3.8, 4) is 11.5 Å². The molecule has 1 N–H and O–H groups in total. The largest absolute Gasteiger partial charge is 0.352 e. The molecule has 0 saturated heterocycles. The molecule has 8 heteroatoms. The topological polar surface area (TPSA) is 84.7 Å². The van der Waals surface area contributed by atoms with Crippen LogP contribution < -0.4 is 10.2 Å². The van der Waals surface area contributed by atoms with E-state index in [1.54, 1.807) is 12.5 Å². The molecular weight excluding hydrogens is 340 g/mol. The van der Waals surface area contributed by atoms with Crippen LogP contribution in [-0.4, -0.2) is 49.9 Å². The Hall–Kier alpha value is -2.87. The van der Waals surface area contributed by atoms with Crippen molar-refractivity contribution >= 4 is 5.82 Å². The summed E-state index contributed by atoms with van der Waals surface area (Å²) in [6.07, 6.45) is 5.35. The third kappa shape index (κ3) is 3.66.